The molecule has 0 atom stereocenters. The Labute approximate surface area is 177 Å². The molecule has 5 nitrogen and oxygen atoms in total. The highest BCUT2D eigenvalue weighted by Gasteiger charge is 2.35. The first kappa shape index (κ1) is 20.0. The van der Waals surface area contributed by atoms with Gasteiger partial charge in [0.15, 0.2) is 11.5 Å². The van der Waals surface area contributed by atoms with Gasteiger partial charge in [-0.3, -0.25) is 14.5 Å². The third-order valence-electron chi connectivity index (χ3n) is 3.82. The second-order valence-electron chi connectivity index (χ2n) is 5.63. The van der Waals surface area contributed by atoms with Gasteiger partial charge in [-0.05, 0) is 54.1 Å². The lowest BCUT2D eigenvalue weighted by molar-refractivity contribution is -0.123. The molecule has 0 unspecified atom stereocenters. The number of phenolic OH excluding ortho intramolecular Hbond substituents is 1. The molecule has 0 bridgehead atoms. The summed E-state index contributed by atoms with van der Waals surface area (Å²) in [5.74, 6) is -0.0269. The first-order valence-corrected chi connectivity index (χ1v) is 10.4. The predicted molar refractivity (Wildman–Crippen MR) is 113 cm³/mol. The van der Waals surface area contributed by atoms with Crippen LogP contribution in [0.4, 0.5) is 4.79 Å². The summed E-state index contributed by atoms with van der Waals surface area (Å²) in [5, 5.41) is 9.60. The molecule has 8 heteroatoms. The van der Waals surface area contributed by atoms with Gasteiger partial charge in [-0.2, -0.15) is 0 Å². The quantitative estimate of drug-likeness (QED) is 0.532. The maximum atomic E-state index is 12.7. The summed E-state index contributed by atoms with van der Waals surface area (Å²) in [4.78, 5) is 26.6. The molecule has 1 aliphatic heterocycles. The predicted octanol–water partition coefficient (Wildman–Crippen LogP) is 5.55. The van der Waals surface area contributed by atoms with E-state index < -0.39 is 0 Å². The maximum absolute atomic E-state index is 12.7. The van der Waals surface area contributed by atoms with E-state index in [0.717, 1.165) is 21.8 Å². The fourth-order valence-electron chi connectivity index (χ4n) is 2.51. The molecule has 1 fully saturated rings. The highest BCUT2D eigenvalue weighted by atomic mass is 79.9. The van der Waals surface area contributed by atoms with Gasteiger partial charge in [0.1, 0.15) is 0 Å². The average molecular weight is 513 g/mol. The summed E-state index contributed by atoms with van der Waals surface area (Å²) in [7, 11) is 0. The van der Waals surface area contributed by atoms with Gasteiger partial charge in [-0.1, -0.05) is 50.1 Å². The molecule has 1 aliphatic rings. The second kappa shape index (κ2) is 8.50. The molecule has 3 rings (SSSR count). The summed E-state index contributed by atoms with van der Waals surface area (Å²) in [6.07, 6.45) is 1.62. The van der Waals surface area contributed by atoms with Gasteiger partial charge in [-0.15, -0.1) is 0 Å². The highest BCUT2D eigenvalue weighted by molar-refractivity contribution is 9.10. The molecular weight excluding hydrogens is 498 g/mol. The third kappa shape index (κ3) is 4.39. The molecule has 140 valence electrons. The van der Waals surface area contributed by atoms with Gasteiger partial charge >= 0.3 is 0 Å². The van der Waals surface area contributed by atoms with Crippen molar-refractivity contribution in [3.05, 3.63) is 61.4 Å². The van der Waals surface area contributed by atoms with Crippen LogP contribution in [0.15, 0.2) is 50.2 Å². The number of amides is 2. The lowest BCUT2D eigenvalue weighted by atomic mass is 10.1. The maximum Gasteiger partial charge on any atom is 0.293 e. The normalized spacial score (nSPS) is 15.7. The fraction of sp³-hybridized carbons (Fsp3) is 0.158. The van der Waals surface area contributed by atoms with Crippen LogP contribution in [0.2, 0.25) is 0 Å². The summed E-state index contributed by atoms with van der Waals surface area (Å²) >= 11 is 7.70. The zero-order valence-corrected chi connectivity index (χ0v) is 18.2. The van der Waals surface area contributed by atoms with Crippen molar-refractivity contribution in [3.63, 3.8) is 0 Å². The zero-order chi connectivity index (χ0) is 19.6. The first-order chi connectivity index (χ1) is 12.9. The van der Waals surface area contributed by atoms with Crippen molar-refractivity contribution in [2.45, 2.75) is 13.5 Å². The largest absolute Gasteiger partial charge is 0.504 e. The Balaban J connectivity index is 1.88. The molecule has 27 heavy (non-hydrogen) atoms. The fourth-order valence-corrected chi connectivity index (χ4v) is 4.20. The molecule has 0 aromatic heterocycles. The number of hydrogen-bond donors (Lipinski definition) is 1. The number of carbonyl (C=O) groups is 2. The number of thioether (sulfide) groups is 1. The van der Waals surface area contributed by atoms with Crippen molar-refractivity contribution in [3.8, 4) is 11.5 Å². The van der Waals surface area contributed by atoms with E-state index in [0.29, 0.717) is 27.3 Å². The van der Waals surface area contributed by atoms with Crippen LogP contribution in [0, 0.1) is 0 Å². The van der Waals surface area contributed by atoms with Gasteiger partial charge in [0.2, 0.25) is 0 Å². The molecule has 0 radical (unpaired) electrons. The number of nitrogens with zero attached hydrogens (tertiary/aromatic N) is 1. The van der Waals surface area contributed by atoms with Crippen molar-refractivity contribution in [2.24, 2.45) is 0 Å². The van der Waals surface area contributed by atoms with Crippen LogP contribution in [0.25, 0.3) is 6.08 Å². The monoisotopic (exact) mass is 511 g/mol. The number of phenols is 1. The highest BCUT2D eigenvalue weighted by Crippen LogP contribution is 2.38. The number of aromatic hydroxyl groups is 1. The molecule has 0 aliphatic carbocycles. The minimum Gasteiger partial charge on any atom is -0.504 e. The molecule has 2 aromatic carbocycles. The van der Waals surface area contributed by atoms with Gasteiger partial charge in [0.05, 0.1) is 18.1 Å². The Morgan fingerprint density at radius 3 is 2.63 bits per heavy atom. The summed E-state index contributed by atoms with van der Waals surface area (Å²) in [6.45, 7) is 2.41. The van der Waals surface area contributed by atoms with Crippen LogP contribution in [0.3, 0.4) is 0 Å². The molecule has 0 saturated carbocycles. The van der Waals surface area contributed by atoms with E-state index in [9.17, 15) is 14.7 Å². The van der Waals surface area contributed by atoms with Gasteiger partial charge in [0.25, 0.3) is 11.1 Å². The molecule has 1 heterocycles. The Morgan fingerprint density at radius 1 is 1.19 bits per heavy atom. The Morgan fingerprint density at radius 2 is 1.93 bits per heavy atom. The summed E-state index contributed by atoms with van der Waals surface area (Å²) < 4.78 is 6.83. The minimum atomic E-state index is -0.348. The van der Waals surface area contributed by atoms with Crippen LogP contribution >= 0.6 is 43.6 Å². The third-order valence-corrected chi connectivity index (χ3v) is 6.19. The van der Waals surface area contributed by atoms with Gasteiger partial charge in [0, 0.05) is 8.95 Å². The summed E-state index contributed by atoms with van der Waals surface area (Å²) in [5.41, 5.74) is 1.49. The van der Waals surface area contributed by atoms with E-state index in [4.69, 9.17) is 4.74 Å². The van der Waals surface area contributed by atoms with Crippen molar-refractivity contribution < 1.29 is 19.4 Å². The standard InChI is InChI=1S/C19H15Br2NO4S/c1-2-26-16-7-12(14(21)9-15(16)23)8-17-18(24)22(19(25)27-17)10-11-5-3-4-6-13(11)20/h3-9,23H,2,10H2,1H3/b17-8-. The van der Waals surface area contributed by atoms with E-state index >= 15 is 0 Å². The van der Waals surface area contributed by atoms with E-state index in [-0.39, 0.29) is 23.4 Å². The number of halogens is 2. The molecule has 0 spiro atoms. The van der Waals surface area contributed by atoms with Gasteiger partial charge in [-0.25, -0.2) is 0 Å². The van der Waals surface area contributed by atoms with Crippen molar-refractivity contribution in [2.75, 3.05) is 6.61 Å². The topological polar surface area (TPSA) is 66.8 Å². The van der Waals surface area contributed by atoms with E-state index in [1.807, 2.05) is 31.2 Å². The number of carbonyl (C=O) groups excluding carboxylic acids is 2. The lowest BCUT2D eigenvalue weighted by Crippen LogP contribution is -2.27. The second-order valence-corrected chi connectivity index (χ2v) is 8.34. The van der Waals surface area contributed by atoms with Crippen molar-refractivity contribution in [1.82, 2.24) is 4.90 Å². The molecule has 2 aromatic rings. The van der Waals surface area contributed by atoms with E-state index in [1.54, 1.807) is 12.1 Å². The SMILES string of the molecule is CCOc1cc(/C=C2\SC(=O)N(Cc3ccccc3Br)C2=O)c(Br)cc1O. The Hall–Kier alpha value is -1.77. The number of imide groups is 1. The lowest BCUT2D eigenvalue weighted by Gasteiger charge is -2.13. The zero-order valence-electron chi connectivity index (χ0n) is 14.2. The van der Waals surface area contributed by atoms with Crippen LogP contribution in [-0.4, -0.2) is 27.8 Å². The van der Waals surface area contributed by atoms with Gasteiger partial charge < -0.3 is 9.84 Å². The number of benzene rings is 2. The number of rotatable bonds is 5. The number of hydrogen-bond acceptors (Lipinski definition) is 5. The molecule has 1 N–H and O–H groups in total. The van der Waals surface area contributed by atoms with Crippen LogP contribution in [-0.2, 0) is 11.3 Å². The molecule has 1 saturated heterocycles. The Bertz CT molecular complexity index is 945. The minimum absolute atomic E-state index is 0.00269. The van der Waals surface area contributed by atoms with E-state index in [1.165, 1.54) is 11.0 Å². The van der Waals surface area contributed by atoms with Crippen molar-refractivity contribution >= 4 is 60.8 Å². The molecular formula is C19H15Br2NO4S. The molecule has 2 amide bonds. The number of ether oxygens (including phenoxy) is 1. The first-order valence-electron chi connectivity index (χ1n) is 8.04. The van der Waals surface area contributed by atoms with Crippen LogP contribution in [0.1, 0.15) is 18.1 Å². The van der Waals surface area contributed by atoms with Crippen LogP contribution < -0.4 is 4.74 Å². The smallest absolute Gasteiger partial charge is 0.293 e. The summed E-state index contributed by atoms with van der Waals surface area (Å²) in [6, 6.07) is 10.6. The van der Waals surface area contributed by atoms with Crippen LogP contribution in [0.5, 0.6) is 11.5 Å². The van der Waals surface area contributed by atoms with Crippen molar-refractivity contribution in [1.29, 1.82) is 0 Å². The average Bonchev–Trinajstić information content (AvgIpc) is 2.88. The van der Waals surface area contributed by atoms with E-state index in [2.05, 4.69) is 31.9 Å². The Kier molecular flexibility index (Phi) is 6.29.